The number of rotatable bonds is 3. The largest absolute Gasteiger partial charge is 0.280 e. The summed E-state index contributed by atoms with van der Waals surface area (Å²) >= 11 is 9.08. The van der Waals surface area contributed by atoms with E-state index >= 15 is 0 Å². The standard InChI is InChI=1S/C13H7BrClFN2O2S/c14-11-3-1-9(6-12(11)15)18-21(19,20)10-2-4-13(16)8(5-10)7-17/h1-6,18H. The van der Waals surface area contributed by atoms with Crippen molar-refractivity contribution in [3.8, 4) is 6.07 Å². The van der Waals surface area contributed by atoms with E-state index in [1.807, 2.05) is 0 Å². The van der Waals surface area contributed by atoms with Crippen molar-refractivity contribution in [2.24, 2.45) is 0 Å². The van der Waals surface area contributed by atoms with Crippen molar-refractivity contribution in [1.29, 1.82) is 5.26 Å². The van der Waals surface area contributed by atoms with Crippen LogP contribution >= 0.6 is 27.5 Å². The fourth-order valence-corrected chi connectivity index (χ4v) is 3.03. The van der Waals surface area contributed by atoms with Crippen LogP contribution in [0.4, 0.5) is 10.1 Å². The molecule has 0 unspecified atom stereocenters. The minimum Gasteiger partial charge on any atom is -0.280 e. The zero-order chi connectivity index (χ0) is 15.6. The number of hydrogen-bond acceptors (Lipinski definition) is 3. The number of nitriles is 1. The Labute approximate surface area is 134 Å². The molecule has 0 saturated carbocycles. The molecule has 21 heavy (non-hydrogen) atoms. The average molecular weight is 390 g/mol. The lowest BCUT2D eigenvalue weighted by Gasteiger charge is -2.09. The lowest BCUT2D eigenvalue weighted by molar-refractivity contribution is 0.599. The molecular weight excluding hydrogens is 383 g/mol. The highest BCUT2D eigenvalue weighted by molar-refractivity contribution is 9.10. The van der Waals surface area contributed by atoms with E-state index in [1.165, 1.54) is 12.1 Å². The monoisotopic (exact) mass is 388 g/mol. The normalized spacial score (nSPS) is 11.0. The molecule has 2 aromatic rings. The van der Waals surface area contributed by atoms with Crippen LogP contribution in [-0.4, -0.2) is 8.42 Å². The predicted molar refractivity (Wildman–Crippen MR) is 81.1 cm³/mol. The minimum absolute atomic E-state index is 0.209. The van der Waals surface area contributed by atoms with Crippen molar-refractivity contribution in [2.45, 2.75) is 4.90 Å². The summed E-state index contributed by atoms with van der Waals surface area (Å²) in [6.07, 6.45) is 0. The molecule has 0 aliphatic carbocycles. The Kier molecular flexibility index (Phi) is 4.52. The quantitative estimate of drug-likeness (QED) is 0.865. The maximum absolute atomic E-state index is 13.2. The molecule has 0 saturated heterocycles. The Morgan fingerprint density at radius 3 is 2.57 bits per heavy atom. The molecule has 0 heterocycles. The third-order valence-electron chi connectivity index (χ3n) is 2.54. The molecule has 2 rings (SSSR count). The van der Waals surface area contributed by atoms with Crippen LogP contribution in [0.2, 0.25) is 5.02 Å². The van der Waals surface area contributed by atoms with Crippen molar-refractivity contribution in [3.63, 3.8) is 0 Å². The van der Waals surface area contributed by atoms with Crippen molar-refractivity contribution in [2.75, 3.05) is 4.72 Å². The highest BCUT2D eigenvalue weighted by Gasteiger charge is 2.17. The molecule has 0 fully saturated rings. The second kappa shape index (κ2) is 6.02. The first-order chi connectivity index (χ1) is 9.83. The summed E-state index contributed by atoms with van der Waals surface area (Å²) < 4.78 is 40.5. The van der Waals surface area contributed by atoms with Gasteiger partial charge in [-0.2, -0.15) is 5.26 Å². The summed E-state index contributed by atoms with van der Waals surface area (Å²) in [6, 6.07) is 9.11. The van der Waals surface area contributed by atoms with E-state index < -0.39 is 15.8 Å². The minimum atomic E-state index is -3.93. The summed E-state index contributed by atoms with van der Waals surface area (Å²) in [5.74, 6) is -0.775. The first-order valence-electron chi connectivity index (χ1n) is 5.51. The van der Waals surface area contributed by atoms with Gasteiger partial charge in [-0.1, -0.05) is 11.6 Å². The fraction of sp³-hybridized carbons (Fsp3) is 0. The van der Waals surface area contributed by atoms with Gasteiger partial charge in [-0.25, -0.2) is 12.8 Å². The van der Waals surface area contributed by atoms with Crippen LogP contribution in [0.3, 0.4) is 0 Å². The SMILES string of the molecule is N#Cc1cc(S(=O)(=O)Nc2ccc(Br)c(Cl)c2)ccc1F. The van der Waals surface area contributed by atoms with Gasteiger partial charge in [0.15, 0.2) is 0 Å². The molecule has 2 aromatic carbocycles. The smallest absolute Gasteiger partial charge is 0.261 e. The maximum Gasteiger partial charge on any atom is 0.261 e. The van der Waals surface area contributed by atoms with Gasteiger partial charge in [0.25, 0.3) is 10.0 Å². The Hall–Kier alpha value is -1.62. The van der Waals surface area contributed by atoms with Crippen LogP contribution in [-0.2, 0) is 10.0 Å². The number of nitrogens with one attached hydrogen (secondary N) is 1. The molecule has 1 N–H and O–H groups in total. The maximum atomic E-state index is 13.2. The van der Waals surface area contributed by atoms with Crippen molar-refractivity contribution >= 4 is 43.2 Å². The number of nitrogens with zero attached hydrogens (tertiary/aromatic N) is 1. The van der Waals surface area contributed by atoms with Gasteiger partial charge in [0.1, 0.15) is 11.9 Å². The van der Waals surface area contributed by atoms with Crippen LogP contribution in [0.25, 0.3) is 0 Å². The summed E-state index contributed by atoms with van der Waals surface area (Å²) in [7, 11) is -3.93. The molecule has 108 valence electrons. The van der Waals surface area contributed by atoms with Crippen LogP contribution in [0.15, 0.2) is 45.8 Å². The molecular formula is C13H7BrClFN2O2S. The van der Waals surface area contributed by atoms with Crippen molar-refractivity contribution < 1.29 is 12.8 Å². The van der Waals surface area contributed by atoms with E-state index in [-0.39, 0.29) is 16.1 Å². The van der Waals surface area contributed by atoms with Gasteiger partial charge >= 0.3 is 0 Å². The first-order valence-corrected chi connectivity index (χ1v) is 8.16. The van der Waals surface area contributed by atoms with Crippen LogP contribution in [0, 0.1) is 17.1 Å². The summed E-state index contributed by atoms with van der Waals surface area (Å²) in [5, 5.41) is 9.08. The van der Waals surface area contributed by atoms with Gasteiger partial charge < -0.3 is 0 Å². The lowest BCUT2D eigenvalue weighted by atomic mass is 10.2. The second-order valence-electron chi connectivity index (χ2n) is 3.99. The van der Waals surface area contributed by atoms with E-state index in [9.17, 15) is 12.8 Å². The Balaban J connectivity index is 2.38. The Morgan fingerprint density at radius 2 is 1.95 bits per heavy atom. The molecule has 0 amide bonds. The summed E-state index contributed by atoms with van der Waals surface area (Å²) in [5.41, 5.74) is -0.0854. The Bertz CT molecular complexity index is 850. The summed E-state index contributed by atoms with van der Waals surface area (Å²) in [6.45, 7) is 0. The molecule has 0 aliphatic rings. The molecule has 4 nitrogen and oxygen atoms in total. The molecule has 0 radical (unpaired) electrons. The van der Waals surface area contributed by atoms with Crippen LogP contribution < -0.4 is 4.72 Å². The molecule has 0 aliphatic heterocycles. The van der Waals surface area contributed by atoms with Crippen LogP contribution in [0.5, 0.6) is 0 Å². The van der Waals surface area contributed by atoms with Gasteiger partial charge in [-0.3, -0.25) is 4.72 Å². The number of halogens is 3. The van der Waals surface area contributed by atoms with Crippen molar-refractivity contribution in [3.05, 3.63) is 57.3 Å². The Morgan fingerprint density at radius 1 is 1.24 bits per heavy atom. The average Bonchev–Trinajstić information content (AvgIpc) is 2.43. The first kappa shape index (κ1) is 15.8. The molecule has 0 atom stereocenters. The molecule has 0 bridgehead atoms. The van der Waals surface area contributed by atoms with E-state index in [1.54, 1.807) is 12.1 Å². The van der Waals surface area contributed by atoms with Gasteiger partial charge in [0.2, 0.25) is 0 Å². The van der Waals surface area contributed by atoms with Crippen LogP contribution in [0.1, 0.15) is 5.56 Å². The topological polar surface area (TPSA) is 70.0 Å². The lowest BCUT2D eigenvalue weighted by Crippen LogP contribution is -2.13. The molecule has 0 spiro atoms. The van der Waals surface area contributed by atoms with E-state index in [2.05, 4.69) is 20.7 Å². The predicted octanol–water partition coefficient (Wildman–Crippen LogP) is 3.91. The fourth-order valence-electron chi connectivity index (χ4n) is 1.53. The molecule has 8 heteroatoms. The zero-order valence-electron chi connectivity index (χ0n) is 10.3. The van der Waals surface area contributed by atoms with Gasteiger partial charge in [-0.15, -0.1) is 0 Å². The highest BCUT2D eigenvalue weighted by atomic mass is 79.9. The number of benzene rings is 2. The van der Waals surface area contributed by atoms with E-state index in [0.29, 0.717) is 9.50 Å². The number of anilines is 1. The van der Waals surface area contributed by atoms with Crippen molar-refractivity contribution in [1.82, 2.24) is 0 Å². The number of hydrogen-bond donors (Lipinski definition) is 1. The highest BCUT2D eigenvalue weighted by Crippen LogP contribution is 2.27. The second-order valence-corrected chi connectivity index (χ2v) is 6.93. The van der Waals surface area contributed by atoms with Gasteiger partial charge in [0.05, 0.1) is 21.2 Å². The molecule has 0 aromatic heterocycles. The zero-order valence-corrected chi connectivity index (χ0v) is 13.4. The number of sulfonamides is 1. The van der Waals surface area contributed by atoms with Gasteiger partial charge in [0, 0.05) is 4.47 Å². The third kappa shape index (κ3) is 3.53. The van der Waals surface area contributed by atoms with Gasteiger partial charge in [-0.05, 0) is 52.3 Å². The van der Waals surface area contributed by atoms with E-state index in [4.69, 9.17) is 16.9 Å². The summed E-state index contributed by atoms with van der Waals surface area (Å²) in [4.78, 5) is -0.209. The third-order valence-corrected chi connectivity index (χ3v) is 5.15. The van der Waals surface area contributed by atoms with E-state index in [0.717, 1.165) is 18.2 Å².